The number of nitrogens with zero attached hydrogens (tertiary/aromatic N) is 3. The largest absolute Gasteiger partial charge is 0.493 e. The zero-order valence-electron chi connectivity index (χ0n) is 16.9. The maximum Gasteiger partial charge on any atom is 0.243 e. The second-order valence-electron chi connectivity index (χ2n) is 6.71. The third-order valence-corrected chi connectivity index (χ3v) is 4.69. The molecule has 0 aliphatic heterocycles. The number of imidazole rings is 1. The predicted octanol–water partition coefficient (Wildman–Crippen LogP) is 3.05. The normalized spacial score (nSPS) is 10.8. The first-order chi connectivity index (χ1) is 14.6. The number of aromatic amines is 2. The Morgan fingerprint density at radius 1 is 1.13 bits per heavy atom. The van der Waals surface area contributed by atoms with Crippen LogP contribution in [0.4, 0.5) is 11.4 Å². The zero-order valence-corrected chi connectivity index (χ0v) is 16.9. The van der Waals surface area contributed by atoms with Crippen molar-refractivity contribution in [3.05, 3.63) is 48.7 Å². The number of carbonyl (C=O) groups is 1. The summed E-state index contributed by atoms with van der Waals surface area (Å²) in [7, 11) is 5.00. The van der Waals surface area contributed by atoms with Crippen LogP contribution in [-0.2, 0) is 4.79 Å². The molecule has 0 radical (unpaired) electrons. The van der Waals surface area contributed by atoms with Crippen molar-refractivity contribution in [2.45, 2.75) is 0 Å². The fourth-order valence-corrected chi connectivity index (χ4v) is 3.22. The van der Waals surface area contributed by atoms with Gasteiger partial charge in [-0.1, -0.05) is 18.2 Å². The maximum atomic E-state index is 12.4. The van der Waals surface area contributed by atoms with E-state index in [2.05, 4.69) is 25.5 Å². The summed E-state index contributed by atoms with van der Waals surface area (Å²) in [5.41, 5.74) is 3.71. The zero-order chi connectivity index (χ0) is 21.1. The molecule has 0 aliphatic carbocycles. The van der Waals surface area contributed by atoms with E-state index in [0.717, 1.165) is 22.4 Å². The number of hydrogen-bond acceptors (Lipinski definition) is 6. The number of para-hydroxylation sites is 1. The Hall–Kier alpha value is -4.01. The SMILES string of the molecule is COc1cc2nc(-c3[nH]ncc3N(C)CC(=O)Nc3ccccc3)[nH]c2cc1OC. The lowest BCUT2D eigenvalue weighted by atomic mass is 10.3. The molecule has 0 unspecified atom stereocenters. The summed E-state index contributed by atoms with van der Waals surface area (Å²) in [5.74, 6) is 1.68. The van der Waals surface area contributed by atoms with Crippen LogP contribution in [0.1, 0.15) is 0 Å². The summed E-state index contributed by atoms with van der Waals surface area (Å²) in [6, 6.07) is 13.0. The number of carbonyl (C=O) groups excluding carboxylic acids is 1. The van der Waals surface area contributed by atoms with Crippen molar-refractivity contribution in [2.75, 3.05) is 38.0 Å². The molecule has 9 nitrogen and oxygen atoms in total. The second-order valence-corrected chi connectivity index (χ2v) is 6.71. The van der Waals surface area contributed by atoms with Crippen LogP contribution in [0.5, 0.6) is 11.5 Å². The number of hydrogen-bond donors (Lipinski definition) is 3. The van der Waals surface area contributed by atoms with E-state index in [0.29, 0.717) is 23.0 Å². The minimum Gasteiger partial charge on any atom is -0.493 e. The number of anilines is 2. The Morgan fingerprint density at radius 3 is 2.60 bits per heavy atom. The Bertz CT molecular complexity index is 1130. The van der Waals surface area contributed by atoms with Crippen LogP contribution in [0.25, 0.3) is 22.6 Å². The highest BCUT2D eigenvalue weighted by atomic mass is 16.5. The summed E-state index contributed by atoms with van der Waals surface area (Å²) in [6.45, 7) is 0.156. The average Bonchev–Trinajstić information content (AvgIpc) is 3.39. The third kappa shape index (κ3) is 3.77. The predicted molar refractivity (Wildman–Crippen MR) is 115 cm³/mol. The van der Waals surface area contributed by atoms with Gasteiger partial charge in [0.1, 0.15) is 5.69 Å². The first-order valence-corrected chi connectivity index (χ1v) is 9.30. The Kier molecular flexibility index (Phi) is 5.25. The molecule has 0 atom stereocenters. The van der Waals surface area contributed by atoms with Crippen LogP contribution < -0.4 is 19.7 Å². The number of aromatic nitrogens is 4. The second kappa shape index (κ2) is 8.16. The number of rotatable bonds is 7. The summed E-state index contributed by atoms with van der Waals surface area (Å²) in [4.78, 5) is 22.1. The molecule has 4 aromatic rings. The molecule has 4 rings (SSSR count). The van der Waals surface area contributed by atoms with Crippen LogP contribution in [0.3, 0.4) is 0 Å². The van der Waals surface area contributed by atoms with Gasteiger partial charge in [-0.05, 0) is 12.1 Å². The van der Waals surface area contributed by atoms with Crippen molar-refractivity contribution in [3.8, 4) is 23.0 Å². The molecular weight excluding hydrogens is 384 g/mol. The lowest BCUT2D eigenvalue weighted by molar-refractivity contribution is -0.114. The van der Waals surface area contributed by atoms with Gasteiger partial charge in [-0.2, -0.15) is 5.10 Å². The van der Waals surface area contributed by atoms with E-state index in [1.54, 1.807) is 26.5 Å². The molecule has 3 N–H and O–H groups in total. The van der Waals surface area contributed by atoms with Crippen LogP contribution in [-0.4, -0.2) is 53.9 Å². The molecule has 0 saturated carbocycles. The van der Waals surface area contributed by atoms with E-state index in [1.165, 1.54) is 0 Å². The van der Waals surface area contributed by atoms with Crippen molar-refractivity contribution in [1.29, 1.82) is 0 Å². The number of H-pyrrole nitrogens is 2. The summed E-state index contributed by atoms with van der Waals surface area (Å²) in [5, 5.41) is 9.98. The van der Waals surface area contributed by atoms with E-state index in [1.807, 2.05) is 48.3 Å². The molecular formula is C21H22N6O3. The lowest BCUT2D eigenvalue weighted by Crippen LogP contribution is -2.30. The first-order valence-electron chi connectivity index (χ1n) is 9.30. The molecule has 30 heavy (non-hydrogen) atoms. The van der Waals surface area contributed by atoms with Crippen LogP contribution in [0, 0.1) is 0 Å². The van der Waals surface area contributed by atoms with Crippen molar-refractivity contribution < 1.29 is 14.3 Å². The molecule has 0 spiro atoms. The van der Waals surface area contributed by atoms with Gasteiger partial charge in [0, 0.05) is 24.9 Å². The molecule has 0 saturated heterocycles. The summed E-state index contributed by atoms with van der Waals surface area (Å²) >= 11 is 0. The Labute approximate surface area is 173 Å². The Morgan fingerprint density at radius 2 is 1.87 bits per heavy atom. The molecule has 154 valence electrons. The lowest BCUT2D eigenvalue weighted by Gasteiger charge is -2.18. The number of likely N-dealkylation sites (N-methyl/N-ethyl adjacent to an activating group) is 1. The van der Waals surface area contributed by atoms with Crippen LogP contribution in [0.2, 0.25) is 0 Å². The van der Waals surface area contributed by atoms with E-state index in [-0.39, 0.29) is 12.5 Å². The monoisotopic (exact) mass is 406 g/mol. The molecule has 2 heterocycles. The van der Waals surface area contributed by atoms with Gasteiger partial charge in [0.2, 0.25) is 5.91 Å². The van der Waals surface area contributed by atoms with Crippen molar-refractivity contribution in [1.82, 2.24) is 20.2 Å². The minimum absolute atomic E-state index is 0.130. The summed E-state index contributed by atoms with van der Waals surface area (Å²) < 4.78 is 10.7. The molecule has 0 bridgehead atoms. The van der Waals surface area contributed by atoms with Gasteiger partial charge < -0.3 is 24.7 Å². The van der Waals surface area contributed by atoms with Gasteiger partial charge in [-0.3, -0.25) is 9.89 Å². The van der Waals surface area contributed by atoms with Crippen LogP contribution in [0.15, 0.2) is 48.7 Å². The molecule has 0 aliphatic rings. The van der Waals surface area contributed by atoms with Gasteiger partial charge in [-0.15, -0.1) is 0 Å². The molecule has 0 fully saturated rings. The molecule has 1 amide bonds. The van der Waals surface area contributed by atoms with Crippen molar-refractivity contribution in [3.63, 3.8) is 0 Å². The number of methoxy groups -OCH3 is 2. The number of amides is 1. The molecule has 2 aromatic carbocycles. The topological polar surface area (TPSA) is 108 Å². The van der Waals surface area contributed by atoms with Gasteiger partial charge in [0.25, 0.3) is 0 Å². The molecule has 2 aromatic heterocycles. The highest BCUT2D eigenvalue weighted by molar-refractivity contribution is 5.94. The number of fused-ring (bicyclic) bond motifs is 1. The van der Waals surface area contributed by atoms with Gasteiger partial charge >= 0.3 is 0 Å². The number of benzene rings is 2. The first kappa shape index (κ1) is 19.3. The van der Waals surface area contributed by atoms with E-state index in [9.17, 15) is 4.79 Å². The maximum absolute atomic E-state index is 12.4. The van der Waals surface area contributed by atoms with E-state index < -0.39 is 0 Å². The van der Waals surface area contributed by atoms with Gasteiger partial charge in [0.15, 0.2) is 17.3 Å². The quantitative estimate of drug-likeness (QED) is 0.435. The number of nitrogens with one attached hydrogen (secondary N) is 3. The van der Waals surface area contributed by atoms with Crippen molar-refractivity contribution in [2.24, 2.45) is 0 Å². The smallest absolute Gasteiger partial charge is 0.243 e. The van der Waals surface area contributed by atoms with Crippen molar-refractivity contribution >= 4 is 28.3 Å². The van der Waals surface area contributed by atoms with E-state index in [4.69, 9.17) is 9.47 Å². The fourth-order valence-electron chi connectivity index (χ4n) is 3.22. The fraction of sp³-hybridized carbons (Fsp3) is 0.190. The van der Waals surface area contributed by atoms with E-state index >= 15 is 0 Å². The minimum atomic E-state index is -0.130. The van der Waals surface area contributed by atoms with Gasteiger partial charge in [0.05, 0.1) is 43.7 Å². The highest BCUT2D eigenvalue weighted by Crippen LogP contribution is 2.33. The highest BCUT2D eigenvalue weighted by Gasteiger charge is 2.18. The number of ether oxygens (including phenoxy) is 2. The van der Waals surface area contributed by atoms with Crippen LogP contribution >= 0.6 is 0 Å². The third-order valence-electron chi connectivity index (χ3n) is 4.69. The molecule has 9 heteroatoms. The summed E-state index contributed by atoms with van der Waals surface area (Å²) in [6.07, 6.45) is 1.67. The standard InChI is InChI=1S/C21H22N6O3/c1-27(12-19(28)23-13-7-5-4-6-8-13)16-11-22-26-20(16)21-24-14-9-17(29-2)18(30-3)10-15(14)25-21/h4-11H,12H2,1-3H3,(H,22,26)(H,23,28)(H,24,25). The van der Waals surface area contributed by atoms with Gasteiger partial charge in [-0.25, -0.2) is 4.98 Å². The Balaban J connectivity index is 1.57. The average molecular weight is 406 g/mol.